The number of rotatable bonds is 4. The molecular weight excluding hydrogens is 352 g/mol. The number of hydrogen-bond acceptors (Lipinski definition) is 5. The second kappa shape index (κ2) is 7.80. The summed E-state index contributed by atoms with van der Waals surface area (Å²) in [6.07, 6.45) is 2.23. The summed E-state index contributed by atoms with van der Waals surface area (Å²) in [6.45, 7) is 0.278. The average Bonchev–Trinajstić information content (AvgIpc) is 2.67. The number of anilines is 1. The molecule has 0 unspecified atom stereocenters. The summed E-state index contributed by atoms with van der Waals surface area (Å²) in [7, 11) is 0. The number of carbonyl (C=O) groups excluding carboxylic acids is 2. The number of carbonyl (C=O) groups is 2. The second-order valence-corrected chi connectivity index (χ2v) is 6.81. The van der Waals surface area contributed by atoms with Crippen LogP contribution in [0, 0.1) is 0 Å². The number of hydrogen-bond donors (Lipinski definition) is 3. The van der Waals surface area contributed by atoms with E-state index in [-0.39, 0.29) is 6.54 Å². The van der Waals surface area contributed by atoms with E-state index in [9.17, 15) is 14.7 Å². The van der Waals surface area contributed by atoms with Crippen LogP contribution >= 0.6 is 11.8 Å². The maximum Gasteiger partial charge on any atom is 0.313 e. The van der Waals surface area contributed by atoms with Gasteiger partial charge in [0.05, 0.1) is 18.8 Å². The fourth-order valence-corrected chi connectivity index (χ4v) is 3.41. The predicted octanol–water partition coefficient (Wildman–Crippen LogP) is 2.13. The number of aliphatic hydroxyl groups is 1. The highest BCUT2D eigenvalue weighted by Crippen LogP contribution is 2.36. The minimum absolute atomic E-state index is 0.0657. The molecule has 26 heavy (non-hydrogen) atoms. The molecule has 2 aromatic rings. The number of amides is 2. The van der Waals surface area contributed by atoms with Crippen molar-refractivity contribution in [2.75, 3.05) is 24.7 Å². The van der Waals surface area contributed by atoms with E-state index in [1.54, 1.807) is 30.3 Å². The van der Waals surface area contributed by atoms with Gasteiger partial charge in [0, 0.05) is 16.9 Å². The van der Waals surface area contributed by atoms with Crippen LogP contribution in [0.2, 0.25) is 0 Å². The Balaban J connectivity index is 1.65. The second-order valence-electron chi connectivity index (χ2n) is 5.96. The van der Waals surface area contributed by atoms with Crippen LogP contribution in [0.25, 0.3) is 0 Å². The predicted molar refractivity (Wildman–Crippen MR) is 100 cm³/mol. The number of fused-ring (bicyclic) bond motifs is 1. The zero-order valence-corrected chi connectivity index (χ0v) is 15.1. The van der Waals surface area contributed by atoms with Gasteiger partial charge < -0.3 is 20.5 Å². The maximum absolute atomic E-state index is 12.2. The maximum atomic E-state index is 12.2. The summed E-state index contributed by atoms with van der Waals surface area (Å²) >= 11 is 1.48. The van der Waals surface area contributed by atoms with Crippen molar-refractivity contribution < 1.29 is 19.4 Å². The van der Waals surface area contributed by atoms with Gasteiger partial charge in [0.1, 0.15) is 11.4 Å². The topological polar surface area (TPSA) is 87.7 Å². The SMILES string of the molecule is CSc1ccccc1NC(=O)C(=O)NC[C@@]1(O)CCOc2ccccc21. The summed E-state index contributed by atoms with van der Waals surface area (Å²) in [5, 5.41) is 16.0. The van der Waals surface area contributed by atoms with E-state index >= 15 is 0 Å². The van der Waals surface area contributed by atoms with Gasteiger partial charge in [-0.1, -0.05) is 30.3 Å². The van der Waals surface area contributed by atoms with E-state index < -0.39 is 17.4 Å². The van der Waals surface area contributed by atoms with Gasteiger partial charge in [0.15, 0.2) is 0 Å². The molecule has 3 rings (SSSR count). The normalized spacial score (nSPS) is 18.4. The van der Waals surface area contributed by atoms with Gasteiger partial charge in [-0.25, -0.2) is 0 Å². The number of ether oxygens (including phenoxy) is 1. The van der Waals surface area contributed by atoms with Crippen LogP contribution in [0.3, 0.4) is 0 Å². The molecule has 0 bridgehead atoms. The highest BCUT2D eigenvalue weighted by molar-refractivity contribution is 7.98. The van der Waals surface area contributed by atoms with Gasteiger partial charge >= 0.3 is 11.8 Å². The monoisotopic (exact) mass is 372 g/mol. The number of benzene rings is 2. The molecular formula is C19H20N2O4S. The highest BCUT2D eigenvalue weighted by atomic mass is 32.2. The van der Waals surface area contributed by atoms with Crippen molar-refractivity contribution in [2.45, 2.75) is 16.9 Å². The lowest BCUT2D eigenvalue weighted by molar-refractivity contribution is -0.137. The molecule has 1 aliphatic heterocycles. The minimum Gasteiger partial charge on any atom is -0.493 e. The van der Waals surface area contributed by atoms with E-state index in [2.05, 4.69) is 10.6 Å². The van der Waals surface area contributed by atoms with Crippen LogP contribution < -0.4 is 15.4 Å². The molecule has 136 valence electrons. The van der Waals surface area contributed by atoms with E-state index in [1.807, 2.05) is 24.5 Å². The molecule has 2 aromatic carbocycles. The number of para-hydroxylation sites is 2. The van der Waals surface area contributed by atoms with Gasteiger partial charge in [0.2, 0.25) is 0 Å². The lowest BCUT2D eigenvalue weighted by Crippen LogP contribution is -2.46. The summed E-state index contributed by atoms with van der Waals surface area (Å²) in [4.78, 5) is 25.2. The number of nitrogens with one attached hydrogen (secondary N) is 2. The highest BCUT2D eigenvalue weighted by Gasteiger charge is 2.36. The Kier molecular flexibility index (Phi) is 5.49. The fourth-order valence-electron chi connectivity index (χ4n) is 2.86. The minimum atomic E-state index is -1.26. The smallest absolute Gasteiger partial charge is 0.313 e. The lowest BCUT2D eigenvalue weighted by Gasteiger charge is -2.34. The summed E-state index contributed by atoms with van der Waals surface area (Å²) in [6, 6.07) is 14.4. The molecule has 1 aliphatic rings. The molecule has 7 heteroatoms. The van der Waals surface area contributed by atoms with E-state index in [1.165, 1.54) is 11.8 Å². The van der Waals surface area contributed by atoms with E-state index in [0.717, 1.165) is 4.90 Å². The third-order valence-electron chi connectivity index (χ3n) is 4.26. The molecule has 0 saturated heterocycles. The zero-order chi connectivity index (χ0) is 18.6. The fraction of sp³-hybridized carbons (Fsp3) is 0.263. The molecule has 1 heterocycles. The first-order valence-electron chi connectivity index (χ1n) is 8.20. The Bertz CT molecular complexity index is 827. The van der Waals surface area contributed by atoms with Crippen molar-refractivity contribution >= 4 is 29.3 Å². The molecule has 0 saturated carbocycles. The molecule has 0 spiro atoms. The Morgan fingerprint density at radius 3 is 2.69 bits per heavy atom. The summed E-state index contributed by atoms with van der Waals surface area (Å²) in [5.74, 6) is -0.970. The van der Waals surface area contributed by atoms with Crippen molar-refractivity contribution in [2.24, 2.45) is 0 Å². The molecule has 2 amide bonds. The Morgan fingerprint density at radius 2 is 1.88 bits per heavy atom. The van der Waals surface area contributed by atoms with Gasteiger partial charge in [-0.3, -0.25) is 9.59 Å². The van der Waals surface area contributed by atoms with Gasteiger partial charge in [-0.15, -0.1) is 11.8 Å². The molecule has 0 aliphatic carbocycles. The molecule has 0 aromatic heterocycles. The van der Waals surface area contributed by atoms with Crippen molar-refractivity contribution in [1.29, 1.82) is 0 Å². The van der Waals surface area contributed by atoms with Gasteiger partial charge in [-0.05, 0) is 24.5 Å². The summed E-state index contributed by atoms with van der Waals surface area (Å²) in [5.41, 5.74) is -0.0722. The van der Waals surface area contributed by atoms with Gasteiger partial charge in [-0.2, -0.15) is 0 Å². The van der Waals surface area contributed by atoms with Crippen LogP contribution in [-0.2, 0) is 15.2 Å². The van der Waals surface area contributed by atoms with E-state index in [4.69, 9.17) is 4.74 Å². The zero-order valence-electron chi connectivity index (χ0n) is 14.3. The van der Waals surface area contributed by atoms with Gasteiger partial charge in [0.25, 0.3) is 0 Å². The first kappa shape index (κ1) is 18.3. The first-order valence-corrected chi connectivity index (χ1v) is 9.43. The van der Waals surface area contributed by atoms with Crippen molar-refractivity contribution in [3.63, 3.8) is 0 Å². The van der Waals surface area contributed by atoms with E-state index in [0.29, 0.717) is 30.0 Å². The number of thioether (sulfide) groups is 1. The largest absolute Gasteiger partial charge is 0.493 e. The average molecular weight is 372 g/mol. The molecule has 6 nitrogen and oxygen atoms in total. The van der Waals surface area contributed by atoms with Crippen LogP contribution in [0.5, 0.6) is 5.75 Å². The molecule has 0 radical (unpaired) electrons. The third kappa shape index (κ3) is 3.84. The standard InChI is InChI=1S/C19H20N2O4S/c1-26-16-9-5-3-7-14(16)21-18(23)17(22)20-12-19(24)10-11-25-15-8-4-2-6-13(15)19/h2-9,24H,10-12H2,1H3,(H,20,22)(H,21,23)/t19-/m0/s1. The lowest BCUT2D eigenvalue weighted by atomic mass is 9.88. The molecule has 1 atom stereocenters. The first-order chi connectivity index (χ1) is 12.5. The van der Waals surface area contributed by atoms with Crippen LogP contribution in [-0.4, -0.2) is 36.3 Å². The van der Waals surface area contributed by atoms with Crippen molar-refractivity contribution in [3.8, 4) is 5.75 Å². The van der Waals surface area contributed by atoms with Crippen molar-refractivity contribution in [1.82, 2.24) is 5.32 Å². The Morgan fingerprint density at radius 1 is 1.15 bits per heavy atom. The molecule has 3 N–H and O–H groups in total. The summed E-state index contributed by atoms with van der Waals surface area (Å²) < 4.78 is 5.52. The van der Waals surface area contributed by atoms with Crippen molar-refractivity contribution in [3.05, 3.63) is 54.1 Å². The Hall–Kier alpha value is -2.51. The Labute approximate surface area is 155 Å². The third-order valence-corrected chi connectivity index (χ3v) is 5.06. The molecule has 0 fully saturated rings. The van der Waals surface area contributed by atoms with Crippen LogP contribution in [0.15, 0.2) is 53.4 Å². The van der Waals surface area contributed by atoms with Crippen LogP contribution in [0.1, 0.15) is 12.0 Å². The quantitative estimate of drug-likeness (QED) is 0.565. The van der Waals surface area contributed by atoms with Crippen LogP contribution in [0.4, 0.5) is 5.69 Å².